The highest BCUT2D eigenvalue weighted by Crippen LogP contribution is 2.47. The second kappa shape index (κ2) is 1.94. The standard InChI is InChI=1S/C9H12O/c1-2-6-3-7-5-9(10)8(7)4-6/h2,6-8H,1,3-5H2/t6-,7?,8-/m1/s1. The van der Waals surface area contributed by atoms with Crippen LogP contribution >= 0.6 is 0 Å². The van der Waals surface area contributed by atoms with Gasteiger partial charge in [-0.1, -0.05) is 6.08 Å². The highest BCUT2D eigenvalue weighted by molar-refractivity contribution is 5.87. The van der Waals surface area contributed by atoms with Gasteiger partial charge in [0.15, 0.2) is 0 Å². The first-order valence-electron chi connectivity index (χ1n) is 3.96. The number of rotatable bonds is 1. The average Bonchev–Trinajstić information content (AvgIpc) is 2.26. The van der Waals surface area contributed by atoms with Gasteiger partial charge in [0.1, 0.15) is 5.78 Å². The molecule has 2 aliphatic carbocycles. The van der Waals surface area contributed by atoms with E-state index in [1.54, 1.807) is 0 Å². The van der Waals surface area contributed by atoms with Crippen LogP contribution in [-0.4, -0.2) is 5.78 Å². The zero-order chi connectivity index (χ0) is 7.14. The topological polar surface area (TPSA) is 17.1 Å². The lowest BCUT2D eigenvalue weighted by Crippen LogP contribution is -2.32. The van der Waals surface area contributed by atoms with Gasteiger partial charge < -0.3 is 0 Å². The van der Waals surface area contributed by atoms with E-state index in [9.17, 15) is 4.79 Å². The fourth-order valence-electron chi connectivity index (χ4n) is 2.23. The zero-order valence-electron chi connectivity index (χ0n) is 6.05. The van der Waals surface area contributed by atoms with Crippen LogP contribution in [-0.2, 0) is 4.79 Å². The SMILES string of the molecule is C=C[C@@H]1CC2CC(=O)[C@@H]2C1. The van der Waals surface area contributed by atoms with Gasteiger partial charge in [0.2, 0.25) is 0 Å². The van der Waals surface area contributed by atoms with Crippen molar-refractivity contribution in [2.75, 3.05) is 0 Å². The summed E-state index contributed by atoms with van der Waals surface area (Å²) in [4.78, 5) is 10.9. The Balaban J connectivity index is 2.05. The van der Waals surface area contributed by atoms with E-state index in [2.05, 4.69) is 6.58 Å². The van der Waals surface area contributed by atoms with Gasteiger partial charge in [0, 0.05) is 12.3 Å². The van der Waals surface area contributed by atoms with Gasteiger partial charge in [0.25, 0.3) is 0 Å². The third-order valence-electron chi connectivity index (χ3n) is 2.94. The monoisotopic (exact) mass is 136 g/mol. The van der Waals surface area contributed by atoms with E-state index >= 15 is 0 Å². The van der Waals surface area contributed by atoms with E-state index in [4.69, 9.17) is 0 Å². The molecule has 0 heterocycles. The molecule has 1 nitrogen and oxygen atoms in total. The number of ketones is 1. The highest BCUT2D eigenvalue weighted by Gasteiger charge is 2.45. The van der Waals surface area contributed by atoms with Crippen molar-refractivity contribution in [1.29, 1.82) is 0 Å². The molecule has 10 heavy (non-hydrogen) atoms. The molecule has 1 unspecified atom stereocenters. The summed E-state index contributed by atoms with van der Waals surface area (Å²) in [5.41, 5.74) is 0. The van der Waals surface area contributed by atoms with Gasteiger partial charge in [0.05, 0.1) is 0 Å². The third-order valence-corrected chi connectivity index (χ3v) is 2.94. The Labute approximate surface area is 61.1 Å². The first-order chi connectivity index (χ1) is 4.81. The molecule has 0 radical (unpaired) electrons. The summed E-state index contributed by atoms with van der Waals surface area (Å²) >= 11 is 0. The first kappa shape index (κ1) is 6.14. The Hall–Kier alpha value is -0.590. The molecule has 0 saturated heterocycles. The molecule has 2 rings (SSSR count). The Morgan fingerprint density at radius 3 is 2.80 bits per heavy atom. The van der Waals surface area contributed by atoms with E-state index in [0.717, 1.165) is 18.8 Å². The predicted molar refractivity (Wildman–Crippen MR) is 39.5 cm³/mol. The summed E-state index contributed by atoms with van der Waals surface area (Å²) in [6.07, 6.45) is 5.17. The van der Waals surface area contributed by atoms with Crippen molar-refractivity contribution in [2.24, 2.45) is 17.8 Å². The van der Waals surface area contributed by atoms with Crippen LogP contribution in [0.15, 0.2) is 12.7 Å². The minimum absolute atomic E-state index is 0.433. The summed E-state index contributed by atoms with van der Waals surface area (Å²) in [6.45, 7) is 3.75. The molecule has 0 aromatic rings. The van der Waals surface area contributed by atoms with Gasteiger partial charge in [-0.05, 0) is 24.7 Å². The summed E-state index contributed by atoms with van der Waals surface area (Å²) < 4.78 is 0. The van der Waals surface area contributed by atoms with Crippen LogP contribution in [0.25, 0.3) is 0 Å². The predicted octanol–water partition coefficient (Wildman–Crippen LogP) is 1.79. The second-order valence-electron chi connectivity index (χ2n) is 3.50. The van der Waals surface area contributed by atoms with Crippen molar-refractivity contribution in [2.45, 2.75) is 19.3 Å². The second-order valence-corrected chi connectivity index (χ2v) is 3.50. The van der Waals surface area contributed by atoms with Crippen molar-refractivity contribution in [1.82, 2.24) is 0 Å². The van der Waals surface area contributed by atoms with Crippen LogP contribution in [0, 0.1) is 17.8 Å². The molecule has 0 bridgehead atoms. The Kier molecular flexibility index (Phi) is 1.19. The van der Waals surface area contributed by atoms with Crippen LogP contribution in [0.4, 0.5) is 0 Å². The number of fused-ring (bicyclic) bond motifs is 1. The molecule has 0 aromatic heterocycles. The zero-order valence-corrected chi connectivity index (χ0v) is 6.05. The molecular weight excluding hydrogens is 124 g/mol. The maximum absolute atomic E-state index is 10.9. The molecule has 2 fully saturated rings. The minimum atomic E-state index is 0.433. The largest absolute Gasteiger partial charge is 0.299 e. The fourth-order valence-corrected chi connectivity index (χ4v) is 2.23. The van der Waals surface area contributed by atoms with Crippen LogP contribution in [0.5, 0.6) is 0 Å². The number of carbonyl (C=O) groups excluding carboxylic acids is 1. The van der Waals surface area contributed by atoms with E-state index in [0.29, 0.717) is 17.6 Å². The van der Waals surface area contributed by atoms with Crippen molar-refractivity contribution >= 4 is 5.78 Å². The maximum Gasteiger partial charge on any atom is 0.136 e. The molecule has 0 spiro atoms. The lowest BCUT2D eigenvalue weighted by atomic mass is 9.75. The van der Waals surface area contributed by atoms with Crippen LogP contribution < -0.4 is 0 Å². The van der Waals surface area contributed by atoms with Gasteiger partial charge in [-0.2, -0.15) is 0 Å². The normalized spacial score (nSPS) is 44.4. The van der Waals surface area contributed by atoms with Gasteiger partial charge >= 0.3 is 0 Å². The molecule has 3 atom stereocenters. The van der Waals surface area contributed by atoms with E-state index in [1.165, 1.54) is 6.42 Å². The van der Waals surface area contributed by atoms with Crippen LogP contribution in [0.3, 0.4) is 0 Å². The Morgan fingerprint density at radius 2 is 2.30 bits per heavy atom. The van der Waals surface area contributed by atoms with Crippen LogP contribution in [0.1, 0.15) is 19.3 Å². The lowest BCUT2D eigenvalue weighted by Gasteiger charge is -2.27. The Bertz CT molecular complexity index is 183. The molecule has 2 aliphatic rings. The minimum Gasteiger partial charge on any atom is -0.299 e. The smallest absolute Gasteiger partial charge is 0.136 e. The Morgan fingerprint density at radius 1 is 1.50 bits per heavy atom. The molecule has 1 heteroatoms. The number of hydrogen-bond acceptors (Lipinski definition) is 1. The number of hydrogen-bond donors (Lipinski definition) is 0. The van der Waals surface area contributed by atoms with Gasteiger partial charge in [-0.25, -0.2) is 0 Å². The quantitative estimate of drug-likeness (QED) is 0.502. The summed E-state index contributed by atoms with van der Waals surface area (Å²) in [7, 11) is 0. The van der Waals surface area contributed by atoms with Crippen molar-refractivity contribution in [3.8, 4) is 0 Å². The fraction of sp³-hybridized carbons (Fsp3) is 0.667. The molecule has 0 amide bonds. The van der Waals surface area contributed by atoms with Crippen LogP contribution in [0.2, 0.25) is 0 Å². The number of allylic oxidation sites excluding steroid dienone is 1. The molecule has 0 aliphatic heterocycles. The van der Waals surface area contributed by atoms with Gasteiger partial charge in [-0.3, -0.25) is 4.79 Å². The van der Waals surface area contributed by atoms with Gasteiger partial charge in [-0.15, -0.1) is 6.58 Å². The highest BCUT2D eigenvalue weighted by atomic mass is 16.1. The van der Waals surface area contributed by atoms with Crippen molar-refractivity contribution < 1.29 is 4.79 Å². The van der Waals surface area contributed by atoms with E-state index in [1.807, 2.05) is 6.08 Å². The number of Topliss-reactive ketones (excluding diaryl/α,β-unsaturated/α-hetero) is 1. The lowest BCUT2D eigenvalue weighted by molar-refractivity contribution is -0.132. The molecular formula is C9H12O. The number of carbonyl (C=O) groups is 1. The average molecular weight is 136 g/mol. The van der Waals surface area contributed by atoms with E-state index in [-0.39, 0.29) is 0 Å². The summed E-state index contributed by atoms with van der Waals surface area (Å²) in [6, 6.07) is 0. The molecule has 54 valence electrons. The molecule has 2 saturated carbocycles. The first-order valence-corrected chi connectivity index (χ1v) is 3.96. The maximum atomic E-state index is 10.9. The summed E-state index contributed by atoms with van der Waals surface area (Å²) in [5, 5.41) is 0. The van der Waals surface area contributed by atoms with Crippen molar-refractivity contribution in [3.63, 3.8) is 0 Å². The van der Waals surface area contributed by atoms with E-state index < -0.39 is 0 Å². The molecule has 0 N–H and O–H groups in total. The molecule has 0 aromatic carbocycles. The third kappa shape index (κ3) is 0.664. The van der Waals surface area contributed by atoms with Crippen molar-refractivity contribution in [3.05, 3.63) is 12.7 Å². The summed E-state index contributed by atoms with van der Waals surface area (Å²) in [5.74, 6) is 2.30.